The zero-order chi connectivity index (χ0) is 16.7. The quantitative estimate of drug-likeness (QED) is 0.417. The third-order valence-corrected chi connectivity index (χ3v) is 3.15. The number of rotatable bonds is 5. The Morgan fingerprint density at radius 2 is 2.21 bits per heavy atom. The minimum Gasteiger partial charge on any atom is -0.357 e. The lowest BCUT2D eigenvalue weighted by molar-refractivity contribution is 0.609. The highest BCUT2D eigenvalue weighted by molar-refractivity contribution is 14.0. The third-order valence-electron chi connectivity index (χ3n) is 3.15. The van der Waals surface area contributed by atoms with Gasteiger partial charge in [-0.25, -0.2) is 14.4 Å². The van der Waals surface area contributed by atoms with Crippen LogP contribution in [0, 0.1) is 17.1 Å². The first-order valence-corrected chi connectivity index (χ1v) is 7.17. The highest BCUT2D eigenvalue weighted by atomic mass is 127. The Morgan fingerprint density at radius 1 is 1.42 bits per heavy atom. The molecule has 0 radical (unpaired) electrons. The summed E-state index contributed by atoms with van der Waals surface area (Å²) < 4.78 is 15.4. The van der Waals surface area contributed by atoms with Crippen LogP contribution in [0.3, 0.4) is 0 Å². The summed E-state index contributed by atoms with van der Waals surface area (Å²) in [6.45, 7) is 3.19. The van der Waals surface area contributed by atoms with Crippen LogP contribution in [-0.2, 0) is 20.1 Å². The molecular formula is C15H19FIN7. The van der Waals surface area contributed by atoms with Crippen molar-refractivity contribution in [1.82, 2.24) is 25.4 Å². The molecule has 0 fully saturated rings. The second-order valence-electron chi connectivity index (χ2n) is 4.77. The summed E-state index contributed by atoms with van der Waals surface area (Å²) in [5.41, 5.74) is 0.786. The molecule has 0 unspecified atom stereocenters. The van der Waals surface area contributed by atoms with E-state index < -0.39 is 0 Å². The summed E-state index contributed by atoms with van der Waals surface area (Å²) in [6, 6.07) is 6.22. The van der Waals surface area contributed by atoms with Crippen molar-refractivity contribution in [2.45, 2.75) is 20.0 Å². The largest absolute Gasteiger partial charge is 0.357 e. The van der Waals surface area contributed by atoms with Gasteiger partial charge in [-0.05, 0) is 25.1 Å². The number of hydrogen-bond donors (Lipinski definition) is 2. The zero-order valence-electron chi connectivity index (χ0n) is 13.5. The number of aliphatic imine (C=N–C) groups is 1. The normalized spacial score (nSPS) is 10.7. The predicted molar refractivity (Wildman–Crippen MR) is 99.2 cm³/mol. The molecule has 128 valence electrons. The molecule has 1 aromatic carbocycles. The molecule has 0 aliphatic rings. The van der Waals surface area contributed by atoms with E-state index in [0.29, 0.717) is 30.2 Å². The average Bonchev–Trinajstić information content (AvgIpc) is 2.96. The van der Waals surface area contributed by atoms with Gasteiger partial charge >= 0.3 is 0 Å². The maximum Gasteiger partial charge on any atom is 0.191 e. The van der Waals surface area contributed by atoms with E-state index in [0.717, 1.165) is 5.82 Å². The summed E-state index contributed by atoms with van der Waals surface area (Å²) in [4.78, 5) is 8.45. The minimum atomic E-state index is -0.378. The van der Waals surface area contributed by atoms with E-state index in [4.69, 9.17) is 5.26 Å². The van der Waals surface area contributed by atoms with Crippen LogP contribution in [0.1, 0.15) is 23.9 Å². The van der Waals surface area contributed by atoms with Gasteiger partial charge in [0.1, 0.15) is 18.0 Å². The second-order valence-corrected chi connectivity index (χ2v) is 4.77. The lowest BCUT2D eigenvalue weighted by atomic mass is 10.1. The van der Waals surface area contributed by atoms with Crippen molar-refractivity contribution in [2.24, 2.45) is 12.0 Å². The fourth-order valence-corrected chi connectivity index (χ4v) is 1.91. The van der Waals surface area contributed by atoms with Gasteiger partial charge in [-0.15, -0.1) is 24.0 Å². The third kappa shape index (κ3) is 5.45. The Kier molecular flexibility index (Phi) is 8.11. The van der Waals surface area contributed by atoms with Crippen molar-refractivity contribution in [2.75, 3.05) is 6.54 Å². The second kappa shape index (κ2) is 9.82. The molecule has 7 nitrogen and oxygen atoms in total. The van der Waals surface area contributed by atoms with E-state index in [1.807, 2.05) is 13.0 Å². The van der Waals surface area contributed by atoms with E-state index in [-0.39, 0.29) is 36.3 Å². The van der Waals surface area contributed by atoms with Crippen LogP contribution in [0.5, 0.6) is 0 Å². The summed E-state index contributed by atoms with van der Waals surface area (Å²) >= 11 is 0. The van der Waals surface area contributed by atoms with Crippen LogP contribution in [0.25, 0.3) is 0 Å². The van der Waals surface area contributed by atoms with Crippen LogP contribution < -0.4 is 10.6 Å². The van der Waals surface area contributed by atoms with Gasteiger partial charge in [-0.3, -0.25) is 4.68 Å². The first-order chi connectivity index (χ1) is 11.1. The number of benzene rings is 1. The van der Waals surface area contributed by atoms with E-state index in [2.05, 4.69) is 25.7 Å². The number of nitrogens with one attached hydrogen (secondary N) is 2. The van der Waals surface area contributed by atoms with Crippen molar-refractivity contribution in [3.63, 3.8) is 0 Å². The number of nitrogens with zero attached hydrogens (tertiary/aromatic N) is 5. The molecule has 0 atom stereocenters. The van der Waals surface area contributed by atoms with E-state index in [9.17, 15) is 4.39 Å². The Labute approximate surface area is 157 Å². The van der Waals surface area contributed by atoms with Crippen molar-refractivity contribution in [3.8, 4) is 6.07 Å². The summed E-state index contributed by atoms with van der Waals surface area (Å²) in [6.07, 6.45) is 1.48. The van der Waals surface area contributed by atoms with Crippen molar-refractivity contribution in [1.29, 1.82) is 5.26 Å². The predicted octanol–water partition coefficient (Wildman–Crippen LogP) is 1.70. The monoisotopic (exact) mass is 443 g/mol. The number of aromatic nitrogens is 3. The number of guanidine groups is 1. The van der Waals surface area contributed by atoms with Gasteiger partial charge in [0.2, 0.25) is 0 Å². The number of hydrogen-bond acceptors (Lipinski definition) is 4. The number of nitriles is 1. The molecule has 1 aromatic heterocycles. The molecular weight excluding hydrogens is 424 g/mol. The van der Waals surface area contributed by atoms with Gasteiger partial charge in [0, 0.05) is 19.2 Å². The molecule has 0 saturated carbocycles. The Hall–Kier alpha value is -2.22. The molecule has 1 heterocycles. The van der Waals surface area contributed by atoms with Crippen LogP contribution in [0.2, 0.25) is 0 Å². The topological polar surface area (TPSA) is 90.9 Å². The van der Waals surface area contributed by atoms with Gasteiger partial charge in [-0.2, -0.15) is 10.4 Å². The van der Waals surface area contributed by atoms with Crippen LogP contribution in [0.15, 0.2) is 29.5 Å². The van der Waals surface area contributed by atoms with Crippen molar-refractivity contribution in [3.05, 3.63) is 47.3 Å². The number of halogens is 2. The molecule has 9 heteroatoms. The lowest BCUT2D eigenvalue weighted by Gasteiger charge is -2.11. The summed E-state index contributed by atoms with van der Waals surface area (Å²) in [7, 11) is 1.80. The molecule has 0 spiro atoms. The van der Waals surface area contributed by atoms with Gasteiger partial charge in [-0.1, -0.05) is 0 Å². The van der Waals surface area contributed by atoms with Gasteiger partial charge in [0.05, 0.1) is 24.7 Å². The van der Waals surface area contributed by atoms with Gasteiger partial charge in [0.15, 0.2) is 5.96 Å². The number of aryl methyl sites for hydroxylation is 1. The maximum atomic E-state index is 13.8. The van der Waals surface area contributed by atoms with E-state index >= 15 is 0 Å². The van der Waals surface area contributed by atoms with Crippen LogP contribution in [0.4, 0.5) is 4.39 Å². The highest BCUT2D eigenvalue weighted by Gasteiger charge is 2.05. The first kappa shape index (κ1) is 19.8. The average molecular weight is 443 g/mol. The van der Waals surface area contributed by atoms with Crippen molar-refractivity contribution >= 4 is 29.9 Å². The fraction of sp³-hybridized carbons (Fsp3) is 0.333. The lowest BCUT2D eigenvalue weighted by Crippen LogP contribution is -2.37. The zero-order valence-corrected chi connectivity index (χ0v) is 15.8. The molecule has 0 amide bonds. The molecule has 0 bridgehead atoms. The Bertz CT molecular complexity index is 736. The van der Waals surface area contributed by atoms with E-state index in [1.165, 1.54) is 24.5 Å². The SMILES string of the molecule is CCNC(=NCc1cc(C#N)ccc1F)NCc1ncnn1C.I. The molecule has 0 aliphatic heterocycles. The Morgan fingerprint density at radius 3 is 2.83 bits per heavy atom. The van der Waals surface area contributed by atoms with Gasteiger partial charge < -0.3 is 10.6 Å². The molecule has 24 heavy (non-hydrogen) atoms. The van der Waals surface area contributed by atoms with Crippen molar-refractivity contribution < 1.29 is 4.39 Å². The maximum absolute atomic E-state index is 13.8. The van der Waals surface area contributed by atoms with Crippen LogP contribution in [-0.4, -0.2) is 27.3 Å². The Balaban J connectivity index is 0.00000288. The van der Waals surface area contributed by atoms with E-state index in [1.54, 1.807) is 11.7 Å². The van der Waals surface area contributed by atoms with Gasteiger partial charge in [0.25, 0.3) is 0 Å². The molecule has 2 rings (SSSR count). The summed E-state index contributed by atoms with van der Waals surface area (Å²) in [5, 5.41) is 19.1. The molecule has 0 saturated heterocycles. The van der Waals surface area contributed by atoms with Crippen LogP contribution >= 0.6 is 24.0 Å². The highest BCUT2D eigenvalue weighted by Crippen LogP contribution is 2.11. The first-order valence-electron chi connectivity index (χ1n) is 7.17. The molecule has 2 aromatic rings. The molecule has 0 aliphatic carbocycles. The standard InChI is InChI=1S/C15H18FN7.HI/c1-3-18-15(20-9-14-21-10-22-23(14)2)19-8-12-6-11(7-17)4-5-13(12)16;/h4-6,10H,3,8-9H2,1-2H3,(H2,18,19,20);1H. The summed E-state index contributed by atoms with van der Waals surface area (Å²) in [5.74, 6) is 0.919. The molecule has 2 N–H and O–H groups in total. The minimum absolute atomic E-state index is 0. The smallest absolute Gasteiger partial charge is 0.191 e. The fourth-order valence-electron chi connectivity index (χ4n) is 1.91.